The van der Waals surface area contributed by atoms with E-state index in [0.29, 0.717) is 5.70 Å². The number of amides is 1. The average Bonchev–Trinajstić information content (AvgIpc) is 2.61. The van der Waals surface area contributed by atoms with Crippen LogP contribution in [-0.2, 0) is 10.0 Å². The van der Waals surface area contributed by atoms with E-state index in [1.54, 1.807) is 0 Å². The van der Waals surface area contributed by atoms with Gasteiger partial charge in [0.05, 0.1) is 17.5 Å². The van der Waals surface area contributed by atoms with Gasteiger partial charge < -0.3 is 10.6 Å². The van der Waals surface area contributed by atoms with Gasteiger partial charge in [0.15, 0.2) is 0 Å². The highest BCUT2D eigenvalue weighted by Gasteiger charge is 2.48. The van der Waals surface area contributed by atoms with Crippen molar-refractivity contribution in [1.82, 2.24) is 19.9 Å². The zero-order valence-electron chi connectivity index (χ0n) is 15.2. The maximum atomic E-state index is 14.6. The SMILES string of the molecule is CN1C(=N)N[C@](C)(C2CC(NC(=O)c3ccc(F)cn3)=CC=C2F)CS1(=O)=O. The lowest BCUT2D eigenvalue weighted by Crippen LogP contribution is -2.66. The molecule has 1 fully saturated rings. The number of carbonyl (C=O) groups excluding carboxylic acids is 1. The number of rotatable bonds is 3. The quantitative estimate of drug-likeness (QED) is 0.693. The smallest absolute Gasteiger partial charge is 0.274 e. The van der Waals surface area contributed by atoms with Crippen molar-refractivity contribution in [3.63, 3.8) is 0 Å². The van der Waals surface area contributed by atoms with Gasteiger partial charge in [-0.1, -0.05) is 0 Å². The number of sulfonamides is 1. The summed E-state index contributed by atoms with van der Waals surface area (Å²) >= 11 is 0. The first kappa shape index (κ1) is 19.9. The number of nitrogens with zero attached hydrogens (tertiary/aromatic N) is 2. The minimum absolute atomic E-state index is 0.00524. The van der Waals surface area contributed by atoms with Crippen LogP contribution in [-0.4, -0.2) is 47.9 Å². The zero-order chi connectivity index (χ0) is 20.7. The number of guanidine groups is 1. The van der Waals surface area contributed by atoms with Crippen molar-refractivity contribution < 1.29 is 22.0 Å². The second-order valence-corrected chi connectivity index (χ2v) is 8.93. The maximum absolute atomic E-state index is 14.6. The van der Waals surface area contributed by atoms with Gasteiger partial charge in [-0.25, -0.2) is 26.5 Å². The van der Waals surface area contributed by atoms with Crippen LogP contribution < -0.4 is 10.6 Å². The summed E-state index contributed by atoms with van der Waals surface area (Å²) in [4.78, 5) is 16.0. The number of nitrogens with one attached hydrogen (secondary N) is 3. The number of hydrogen-bond acceptors (Lipinski definition) is 5. The summed E-state index contributed by atoms with van der Waals surface area (Å²) in [7, 11) is -2.53. The van der Waals surface area contributed by atoms with Crippen molar-refractivity contribution >= 4 is 21.9 Å². The minimum Gasteiger partial charge on any atom is -0.349 e. The lowest BCUT2D eigenvalue weighted by molar-refractivity contribution is 0.0956. The van der Waals surface area contributed by atoms with E-state index in [2.05, 4.69) is 15.6 Å². The summed E-state index contributed by atoms with van der Waals surface area (Å²) in [6.45, 7) is 1.52. The van der Waals surface area contributed by atoms with Gasteiger partial charge >= 0.3 is 0 Å². The predicted molar refractivity (Wildman–Crippen MR) is 97.9 cm³/mol. The van der Waals surface area contributed by atoms with Gasteiger partial charge in [-0.15, -0.1) is 0 Å². The van der Waals surface area contributed by atoms with Crippen LogP contribution in [0, 0.1) is 17.1 Å². The van der Waals surface area contributed by atoms with Gasteiger partial charge in [0, 0.05) is 18.7 Å². The Morgan fingerprint density at radius 2 is 2.11 bits per heavy atom. The van der Waals surface area contributed by atoms with E-state index >= 15 is 0 Å². The number of aromatic nitrogens is 1. The Labute approximate surface area is 160 Å². The van der Waals surface area contributed by atoms with Gasteiger partial charge in [-0.05, 0) is 37.6 Å². The highest BCUT2D eigenvalue weighted by Crippen LogP contribution is 2.37. The Balaban J connectivity index is 1.79. The van der Waals surface area contributed by atoms with Gasteiger partial charge in [0.1, 0.15) is 17.3 Å². The molecule has 150 valence electrons. The normalized spacial score (nSPS) is 26.8. The molecule has 1 aliphatic heterocycles. The molecule has 1 unspecified atom stereocenters. The van der Waals surface area contributed by atoms with Crippen LogP contribution in [0.15, 0.2) is 42.0 Å². The van der Waals surface area contributed by atoms with E-state index < -0.39 is 44.8 Å². The van der Waals surface area contributed by atoms with E-state index in [-0.39, 0.29) is 18.1 Å². The molecule has 1 amide bonds. The lowest BCUT2D eigenvalue weighted by Gasteiger charge is -2.44. The molecule has 2 aliphatic rings. The molecule has 8 nitrogen and oxygen atoms in total. The van der Waals surface area contributed by atoms with Crippen LogP contribution in [0.1, 0.15) is 23.8 Å². The Hall–Kier alpha value is -2.82. The van der Waals surface area contributed by atoms with Gasteiger partial charge in [0.2, 0.25) is 16.0 Å². The first-order chi connectivity index (χ1) is 13.0. The Kier molecular flexibility index (Phi) is 4.96. The highest BCUT2D eigenvalue weighted by molar-refractivity contribution is 7.89. The molecule has 0 saturated carbocycles. The van der Waals surface area contributed by atoms with E-state index in [9.17, 15) is 22.0 Å². The molecule has 0 radical (unpaired) electrons. The van der Waals surface area contributed by atoms with Crippen LogP contribution in [0.3, 0.4) is 0 Å². The number of hydrogen-bond donors (Lipinski definition) is 3. The summed E-state index contributed by atoms with van der Waals surface area (Å²) < 4.78 is 52.9. The predicted octanol–water partition coefficient (Wildman–Crippen LogP) is 1.27. The van der Waals surface area contributed by atoms with Gasteiger partial charge in [-0.2, -0.15) is 0 Å². The van der Waals surface area contributed by atoms with Crippen molar-refractivity contribution in [3.05, 3.63) is 53.5 Å². The second kappa shape index (κ2) is 6.97. The maximum Gasteiger partial charge on any atom is 0.274 e. The second-order valence-electron chi connectivity index (χ2n) is 6.93. The van der Waals surface area contributed by atoms with Crippen molar-refractivity contribution in [2.75, 3.05) is 12.8 Å². The summed E-state index contributed by atoms with van der Waals surface area (Å²) in [5, 5.41) is 13.2. The molecule has 0 spiro atoms. The van der Waals surface area contributed by atoms with Crippen molar-refractivity contribution in [2.24, 2.45) is 5.92 Å². The molecule has 1 aromatic rings. The largest absolute Gasteiger partial charge is 0.349 e. The molecule has 0 aromatic carbocycles. The first-order valence-corrected chi connectivity index (χ1v) is 9.95. The molecule has 2 atom stereocenters. The number of allylic oxidation sites excluding steroid dienone is 3. The van der Waals surface area contributed by atoms with Crippen molar-refractivity contribution in [2.45, 2.75) is 18.9 Å². The summed E-state index contributed by atoms with van der Waals surface area (Å²) in [6.07, 6.45) is 3.45. The Bertz CT molecular complexity index is 991. The molecular formula is C17H19F2N5O3S. The molecule has 3 rings (SSSR count). The molecular weight excluding hydrogens is 392 g/mol. The molecule has 1 saturated heterocycles. The molecule has 1 aromatic heterocycles. The third kappa shape index (κ3) is 3.75. The molecule has 28 heavy (non-hydrogen) atoms. The monoisotopic (exact) mass is 411 g/mol. The van der Waals surface area contributed by atoms with E-state index in [4.69, 9.17) is 5.41 Å². The number of pyridine rings is 1. The molecule has 0 bridgehead atoms. The number of halogens is 2. The standard InChI is InChI=1S/C17H19F2N5O3S/c1-17(9-28(26,27)24(2)16(20)23-17)12-7-11(4-5-13(12)19)22-15(25)14-6-3-10(18)8-21-14/h3-6,8,12H,7,9H2,1-2H3,(H2,20,23)(H,22,25)/t12?,17-/m0/s1. The number of carbonyl (C=O) groups is 1. The summed E-state index contributed by atoms with van der Waals surface area (Å²) in [5.74, 6) is -3.41. The van der Waals surface area contributed by atoms with Gasteiger partial charge in [-0.3, -0.25) is 10.2 Å². The van der Waals surface area contributed by atoms with Crippen LogP contribution in [0.2, 0.25) is 0 Å². The Morgan fingerprint density at radius 1 is 1.39 bits per heavy atom. The third-order valence-corrected chi connectivity index (χ3v) is 6.80. The van der Waals surface area contributed by atoms with E-state index in [0.717, 1.165) is 22.6 Å². The topological polar surface area (TPSA) is 115 Å². The highest BCUT2D eigenvalue weighted by atomic mass is 32.2. The van der Waals surface area contributed by atoms with Crippen molar-refractivity contribution in [3.8, 4) is 0 Å². The fourth-order valence-corrected chi connectivity index (χ4v) is 4.76. The fourth-order valence-electron chi connectivity index (χ4n) is 3.21. The van der Waals surface area contributed by atoms with Gasteiger partial charge in [0.25, 0.3) is 5.91 Å². The summed E-state index contributed by atoms with van der Waals surface area (Å²) in [6, 6.07) is 2.31. The van der Waals surface area contributed by atoms with Crippen LogP contribution >= 0.6 is 0 Å². The molecule has 1 aliphatic carbocycles. The van der Waals surface area contributed by atoms with Crippen molar-refractivity contribution in [1.29, 1.82) is 5.41 Å². The molecule has 2 heterocycles. The van der Waals surface area contributed by atoms with Crippen LogP contribution in [0.5, 0.6) is 0 Å². The molecule has 3 N–H and O–H groups in total. The Morgan fingerprint density at radius 3 is 2.71 bits per heavy atom. The van der Waals surface area contributed by atoms with Crippen LogP contribution in [0.4, 0.5) is 8.78 Å². The zero-order valence-corrected chi connectivity index (χ0v) is 16.0. The summed E-state index contributed by atoms with van der Waals surface area (Å²) in [5.41, 5.74) is -0.934. The third-order valence-electron chi connectivity index (χ3n) is 4.82. The fraction of sp³-hybridized carbons (Fsp3) is 0.353. The van der Waals surface area contributed by atoms with Crippen LogP contribution in [0.25, 0.3) is 0 Å². The first-order valence-electron chi connectivity index (χ1n) is 8.34. The molecule has 11 heteroatoms. The lowest BCUT2D eigenvalue weighted by atomic mass is 9.80. The van der Waals surface area contributed by atoms with E-state index in [1.807, 2.05) is 0 Å². The average molecular weight is 411 g/mol. The van der Waals surface area contributed by atoms with E-state index in [1.165, 1.54) is 26.1 Å². The minimum atomic E-state index is -3.78.